The van der Waals surface area contributed by atoms with E-state index in [2.05, 4.69) is 16.7 Å². The van der Waals surface area contributed by atoms with Crippen LogP contribution < -0.4 is 10.5 Å². The number of hydrogen-bond acceptors (Lipinski definition) is 7. The smallest absolute Gasteiger partial charge is 0.267 e. The first kappa shape index (κ1) is 22.8. The predicted octanol–water partition coefficient (Wildman–Crippen LogP) is 3.24. The van der Waals surface area contributed by atoms with Gasteiger partial charge in [-0.2, -0.15) is 0 Å². The quantitative estimate of drug-likeness (QED) is 0.401. The van der Waals surface area contributed by atoms with E-state index in [1.165, 1.54) is 16.2 Å². The van der Waals surface area contributed by atoms with Crippen LogP contribution in [-0.2, 0) is 11.3 Å². The summed E-state index contributed by atoms with van der Waals surface area (Å²) in [5.41, 5.74) is 1.83. The van der Waals surface area contributed by atoms with E-state index < -0.39 is 0 Å². The summed E-state index contributed by atoms with van der Waals surface area (Å²) in [5.74, 6) is 0.443. The summed E-state index contributed by atoms with van der Waals surface area (Å²) in [6, 6.07) is 15.3. The molecule has 9 heteroatoms. The highest BCUT2D eigenvalue weighted by Crippen LogP contribution is 2.34. The van der Waals surface area contributed by atoms with Crippen LogP contribution in [0.4, 0.5) is 5.82 Å². The molecule has 174 valence electrons. The first-order valence-electron chi connectivity index (χ1n) is 11.3. The van der Waals surface area contributed by atoms with E-state index in [4.69, 9.17) is 17.2 Å². The summed E-state index contributed by atoms with van der Waals surface area (Å²) in [4.78, 5) is 38.2. The summed E-state index contributed by atoms with van der Waals surface area (Å²) < 4.78 is 2.02. The molecule has 0 atom stereocenters. The van der Waals surface area contributed by atoms with Crippen molar-refractivity contribution in [2.45, 2.75) is 13.5 Å². The Balaban J connectivity index is 1.54. The van der Waals surface area contributed by atoms with Crippen LogP contribution in [0.3, 0.4) is 0 Å². The maximum absolute atomic E-state index is 13.5. The lowest BCUT2D eigenvalue weighted by Crippen LogP contribution is -2.47. The van der Waals surface area contributed by atoms with E-state index >= 15 is 0 Å². The van der Waals surface area contributed by atoms with Crippen molar-refractivity contribution in [2.75, 3.05) is 37.6 Å². The van der Waals surface area contributed by atoms with Gasteiger partial charge in [-0.25, -0.2) is 4.98 Å². The van der Waals surface area contributed by atoms with Crippen molar-refractivity contribution in [2.24, 2.45) is 0 Å². The molecule has 1 aromatic carbocycles. The van der Waals surface area contributed by atoms with Gasteiger partial charge in [-0.15, -0.1) is 0 Å². The van der Waals surface area contributed by atoms with E-state index in [9.17, 15) is 9.59 Å². The molecule has 0 aliphatic carbocycles. The number of likely N-dealkylation sites (N-methyl/N-ethyl adjacent to an activating group) is 1. The molecule has 0 bridgehead atoms. The van der Waals surface area contributed by atoms with Gasteiger partial charge in [-0.05, 0) is 30.3 Å². The predicted molar refractivity (Wildman–Crippen MR) is 141 cm³/mol. The van der Waals surface area contributed by atoms with Crippen LogP contribution in [0.2, 0.25) is 0 Å². The molecule has 2 aromatic heterocycles. The standard InChI is InChI=1S/C25H25N5O2S2/c1-2-27-12-14-28(15-13-27)22-19(23(31)29-11-7-6-10-21(29)26-22)16-20-24(32)30(25(33)34-20)17-18-8-4-3-5-9-18/h3-11,16H,2,12-15,17H2,1H3. The van der Waals surface area contributed by atoms with Crippen molar-refractivity contribution in [3.05, 3.63) is 81.1 Å². The van der Waals surface area contributed by atoms with Gasteiger partial charge in [0.2, 0.25) is 0 Å². The highest BCUT2D eigenvalue weighted by molar-refractivity contribution is 8.26. The largest absolute Gasteiger partial charge is 0.353 e. The zero-order valence-electron chi connectivity index (χ0n) is 18.9. The molecule has 5 rings (SSSR count). The lowest BCUT2D eigenvalue weighted by molar-refractivity contribution is -0.122. The van der Waals surface area contributed by atoms with E-state index in [0.717, 1.165) is 38.3 Å². The number of thioether (sulfide) groups is 1. The van der Waals surface area contributed by atoms with Crippen LogP contribution in [0.1, 0.15) is 18.1 Å². The minimum absolute atomic E-state index is 0.182. The second-order valence-electron chi connectivity index (χ2n) is 8.26. The maximum Gasteiger partial charge on any atom is 0.267 e. The molecule has 0 radical (unpaired) electrons. The Bertz CT molecular complexity index is 1330. The summed E-state index contributed by atoms with van der Waals surface area (Å²) in [6.45, 7) is 6.93. The molecule has 2 aliphatic rings. The van der Waals surface area contributed by atoms with Gasteiger partial charge < -0.3 is 9.80 Å². The third-order valence-electron chi connectivity index (χ3n) is 6.20. The number of carbonyl (C=O) groups is 1. The summed E-state index contributed by atoms with van der Waals surface area (Å²) in [6.07, 6.45) is 3.39. The zero-order valence-corrected chi connectivity index (χ0v) is 20.5. The summed E-state index contributed by atoms with van der Waals surface area (Å²) in [7, 11) is 0. The number of rotatable bonds is 5. The first-order valence-corrected chi connectivity index (χ1v) is 12.6. The molecular formula is C25H25N5O2S2. The lowest BCUT2D eigenvalue weighted by Gasteiger charge is -2.35. The molecule has 34 heavy (non-hydrogen) atoms. The van der Waals surface area contributed by atoms with E-state index in [1.807, 2.05) is 42.5 Å². The van der Waals surface area contributed by atoms with Crippen LogP contribution in [0.25, 0.3) is 11.7 Å². The Labute approximate surface area is 207 Å². The molecule has 2 fully saturated rings. The normalized spacial score (nSPS) is 18.4. The number of nitrogens with zero attached hydrogens (tertiary/aromatic N) is 5. The molecule has 1 amide bonds. The fourth-order valence-corrected chi connectivity index (χ4v) is 5.50. The molecule has 2 saturated heterocycles. The number of anilines is 1. The number of aromatic nitrogens is 2. The number of hydrogen-bond donors (Lipinski definition) is 0. The van der Waals surface area contributed by atoms with Crippen molar-refractivity contribution >= 4 is 51.7 Å². The van der Waals surface area contributed by atoms with Gasteiger partial charge in [0.1, 0.15) is 15.8 Å². The number of piperazine rings is 1. The molecule has 0 spiro atoms. The van der Waals surface area contributed by atoms with Crippen molar-refractivity contribution in [1.82, 2.24) is 19.2 Å². The topological polar surface area (TPSA) is 61.2 Å². The fourth-order valence-electron chi connectivity index (χ4n) is 4.27. The second kappa shape index (κ2) is 9.69. The zero-order chi connectivity index (χ0) is 23.7. The van der Waals surface area contributed by atoms with Gasteiger partial charge in [0.05, 0.1) is 17.0 Å². The van der Waals surface area contributed by atoms with Crippen molar-refractivity contribution in [1.29, 1.82) is 0 Å². The monoisotopic (exact) mass is 491 g/mol. The van der Waals surface area contributed by atoms with Crippen molar-refractivity contribution < 1.29 is 4.79 Å². The van der Waals surface area contributed by atoms with E-state index in [1.54, 1.807) is 23.2 Å². The SMILES string of the molecule is CCN1CCN(c2nc3ccccn3c(=O)c2C=C2SC(=S)N(Cc3ccccc3)C2=O)CC1. The third kappa shape index (κ3) is 4.38. The second-order valence-corrected chi connectivity index (χ2v) is 9.93. The Hall–Kier alpha value is -3.01. The van der Waals surface area contributed by atoms with Gasteiger partial charge in [-0.3, -0.25) is 18.9 Å². The highest BCUT2D eigenvalue weighted by atomic mass is 32.2. The Morgan fingerprint density at radius 2 is 1.76 bits per heavy atom. The molecule has 2 aliphatic heterocycles. The molecule has 0 N–H and O–H groups in total. The lowest BCUT2D eigenvalue weighted by atomic mass is 10.2. The van der Waals surface area contributed by atoms with Gasteiger partial charge in [0.15, 0.2) is 0 Å². The maximum atomic E-state index is 13.5. The number of pyridine rings is 1. The molecule has 0 saturated carbocycles. The van der Waals surface area contributed by atoms with Crippen molar-refractivity contribution in [3.8, 4) is 0 Å². The molecule has 4 heterocycles. The first-order chi connectivity index (χ1) is 16.5. The fraction of sp³-hybridized carbons (Fsp3) is 0.280. The minimum atomic E-state index is -0.188. The van der Waals surface area contributed by atoms with Gasteiger partial charge in [0.25, 0.3) is 11.5 Å². The van der Waals surface area contributed by atoms with Crippen LogP contribution >= 0.6 is 24.0 Å². The molecule has 0 unspecified atom stereocenters. The molecule has 3 aromatic rings. The summed E-state index contributed by atoms with van der Waals surface area (Å²) >= 11 is 6.75. The average molecular weight is 492 g/mol. The third-order valence-corrected chi connectivity index (χ3v) is 7.58. The average Bonchev–Trinajstić information content (AvgIpc) is 3.13. The van der Waals surface area contributed by atoms with Crippen LogP contribution in [0.5, 0.6) is 0 Å². The number of thiocarbonyl (C=S) groups is 1. The molecule has 7 nitrogen and oxygen atoms in total. The number of amides is 1. The minimum Gasteiger partial charge on any atom is -0.353 e. The van der Waals surface area contributed by atoms with Crippen molar-refractivity contribution in [3.63, 3.8) is 0 Å². The van der Waals surface area contributed by atoms with Gasteiger partial charge in [0, 0.05) is 32.4 Å². The Morgan fingerprint density at radius 3 is 2.50 bits per heavy atom. The Morgan fingerprint density at radius 1 is 1.03 bits per heavy atom. The number of benzene rings is 1. The molecular weight excluding hydrogens is 466 g/mol. The van der Waals surface area contributed by atoms with Gasteiger partial charge >= 0.3 is 0 Å². The highest BCUT2D eigenvalue weighted by Gasteiger charge is 2.33. The van der Waals surface area contributed by atoms with Crippen LogP contribution in [-0.4, -0.2) is 62.1 Å². The number of fused-ring (bicyclic) bond motifs is 1. The van der Waals surface area contributed by atoms with E-state index in [-0.39, 0.29) is 11.5 Å². The Kier molecular flexibility index (Phi) is 6.49. The van der Waals surface area contributed by atoms with Gasteiger partial charge in [-0.1, -0.05) is 67.3 Å². The van der Waals surface area contributed by atoms with E-state index in [0.29, 0.717) is 32.8 Å². The summed E-state index contributed by atoms with van der Waals surface area (Å²) in [5, 5.41) is 0. The van der Waals surface area contributed by atoms with Crippen LogP contribution in [0, 0.1) is 0 Å². The number of carbonyl (C=O) groups excluding carboxylic acids is 1. The van der Waals surface area contributed by atoms with Crippen LogP contribution in [0.15, 0.2) is 64.4 Å².